The molecule has 32 heavy (non-hydrogen) atoms. The number of aliphatic imine (C=N–C) groups is 1. The first kappa shape index (κ1) is 21.9. The minimum Gasteiger partial charge on any atom is -0.486 e. The molecule has 0 saturated carbocycles. The van der Waals surface area contributed by atoms with Crippen molar-refractivity contribution in [3.8, 4) is 11.5 Å². The molecule has 1 aromatic heterocycles. The van der Waals surface area contributed by atoms with Gasteiger partial charge in [0.1, 0.15) is 13.2 Å². The molecule has 166 valence electrons. The van der Waals surface area contributed by atoms with E-state index in [0.29, 0.717) is 42.8 Å². The van der Waals surface area contributed by atoms with E-state index in [1.165, 1.54) is 0 Å². The molecule has 0 unspecified atom stereocenters. The van der Waals surface area contributed by atoms with Gasteiger partial charge in [-0.05, 0) is 44.2 Å². The second-order valence-corrected chi connectivity index (χ2v) is 8.30. The molecule has 8 nitrogen and oxygen atoms in total. The molecule has 2 N–H and O–H groups in total. The zero-order valence-electron chi connectivity index (χ0n) is 18.1. The van der Waals surface area contributed by atoms with Crippen LogP contribution in [0.5, 0.6) is 11.5 Å². The molecule has 2 heterocycles. The number of hydrogen-bond acceptors (Lipinski definition) is 5. The second kappa shape index (κ2) is 9.44. The first-order valence-corrected chi connectivity index (χ1v) is 11.0. The molecule has 1 aliphatic rings. The Bertz CT molecular complexity index is 1190. The molecule has 0 fully saturated rings. The van der Waals surface area contributed by atoms with Crippen LogP contribution in [0.25, 0.3) is 0 Å². The topological polar surface area (TPSA) is 89.8 Å². The van der Waals surface area contributed by atoms with Gasteiger partial charge in [0, 0.05) is 40.1 Å². The Balaban J connectivity index is 1.60. The SMILES string of the molecule is Cc1nn(C)c(C)c1CN=C(NC(=O)c1cccc(Br)c1)Nc1ccc2c(c1)OCCO2. The van der Waals surface area contributed by atoms with Gasteiger partial charge in [-0.15, -0.1) is 0 Å². The third-order valence-corrected chi connectivity index (χ3v) is 5.67. The zero-order chi connectivity index (χ0) is 22.7. The summed E-state index contributed by atoms with van der Waals surface area (Å²) in [6.45, 7) is 5.34. The van der Waals surface area contributed by atoms with Gasteiger partial charge in [0.05, 0.1) is 12.2 Å². The number of guanidine groups is 1. The average Bonchev–Trinajstić information content (AvgIpc) is 3.02. The molecule has 0 saturated heterocycles. The van der Waals surface area contributed by atoms with E-state index in [9.17, 15) is 4.79 Å². The number of anilines is 1. The van der Waals surface area contributed by atoms with Crippen molar-refractivity contribution in [1.29, 1.82) is 0 Å². The van der Waals surface area contributed by atoms with Gasteiger partial charge in [0.2, 0.25) is 5.96 Å². The molecule has 3 aromatic rings. The number of carbonyl (C=O) groups excluding carboxylic acids is 1. The third-order valence-electron chi connectivity index (χ3n) is 5.18. The Kier molecular flexibility index (Phi) is 6.45. The number of rotatable bonds is 4. The molecule has 2 aromatic carbocycles. The van der Waals surface area contributed by atoms with Crippen LogP contribution in [0, 0.1) is 13.8 Å². The van der Waals surface area contributed by atoms with Crippen molar-refractivity contribution in [2.24, 2.45) is 12.0 Å². The number of carbonyl (C=O) groups is 1. The van der Waals surface area contributed by atoms with Gasteiger partial charge >= 0.3 is 0 Å². The first-order chi connectivity index (χ1) is 15.4. The van der Waals surface area contributed by atoms with Gasteiger partial charge in [0.25, 0.3) is 5.91 Å². The number of aryl methyl sites for hydroxylation is 2. The van der Waals surface area contributed by atoms with Crippen molar-refractivity contribution in [1.82, 2.24) is 15.1 Å². The fourth-order valence-corrected chi connectivity index (χ4v) is 3.78. The predicted octanol–water partition coefficient (Wildman–Crippen LogP) is 3.97. The van der Waals surface area contributed by atoms with E-state index in [1.54, 1.807) is 12.1 Å². The summed E-state index contributed by atoms with van der Waals surface area (Å²) in [5.41, 5.74) is 4.20. The molecule has 4 rings (SSSR count). The van der Waals surface area contributed by atoms with Crippen molar-refractivity contribution in [3.05, 3.63) is 69.5 Å². The number of halogens is 1. The number of ether oxygens (including phenoxy) is 2. The highest BCUT2D eigenvalue weighted by molar-refractivity contribution is 9.10. The lowest BCUT2D eigenvalue weighted by Crippen LogP contribution is -2.36. The number of amides is 1. The standard InChI is InChI=1S/C23H24BrN5O3/c1-14-19(15(2)29(3)28-14)13-25-23(27-22(30)16-5-4-6-17(24)11-16)26-18-7-8-20-21(12-18)32-10-9-31-20/h4-8,11-12H,9-10,13H2,1-3H3,(H2,25,26,27,30). The normalized spacial score (nSPS) is 13.1. The number of fused-ring (bicyclic) bond motifs is 1. The highest BCUT2D eigenvalue weighted by Crippen LogP contribution is 2.32. The van der Waals surface area contributed by atoms with Crippen molar-refractivity contribution >= 4 is 33.5 Å². The van der Waals surface area contributed by atoms with Crippen LogP contribution >= 0.6 is 15.9 Å². The van der Waals surface area contributed by atoms with E-state index in [4.69, 9.17) is 9.47 Å². The summed E-state index contributed by atoms with van der Waals surface area (Å²) in [6, 6.07) is 12.7. The van der Waals surface area contributed by atoms with Crippen LogP contribution in [0.3, 0.4) is 0 Å². The molecule has 0 spiro atoms. The number of aromatic nitrogens is 2. The van der Waals surface area contributed by atoms with Crippen LogP contribution < -0.4 is 20.1 Å². The molecule has 0 bridgehead atoms. The number of nitrogens with zero attached hydrogens (tertiary/aromatic N) is 3. The van der Waals surface area contributed by atoms with Gasteiger partial charge in [-0.25, -0.2) is 4.99 Å². The maximum atomic E-state index is 12.9. The molecule has 1 aliphatic heterocycles. The quantitative estimate of drug-likeness (QED) is 0.420. The Hall–Kier alpha value is -3.33. The van der Waals surface area contributed by atoms with Crippen LogP contribution in [-0.4, -0.2) is 34.9 Å². The summed E-state index contributed by atoms with van der Waals surface area (Å²) in [5, 5.41) is 10.5. The molecule has 1 amide bonds. The minimum absolute atomic E-state index is 0.269. The predicted molar refractivity (Wildman–Crippen MR) is 126 cm³/mol. The summed E-state index contributed by atoms with van der Waals surface area (Å²) in [6.07, 6.45) is 0. The average molecular weight is 498 g/mol. The lowest BCUT2D eigenvalue weighted by molar-refractivity contribution is 0.0977. The van der Waals surface area contributed by atoms with Crippen molar-refractivity contribution in [3.63, 3.8) is 0 Å². The summed E-state index contributed by atoms with van der Waals surface area (Å²) in [4.78, 5) is 17.5. The summed E-state index contributed by atoms with van der Waals surface area (Å²) >= 11 is 3.40. The van der Waals surface area contributed by atoms with Crippen LogP contribution in [0.4, 0.5) is 5.69 Å². The molecule has 0 radical (unpaired) electrons. The van der Waals surface area contributed by atoms with E-state index in [1.807, 2.05) is 55.9 Å². The summed E-state index contributed by atoms with van der Waals surface area (Å²) < 4.78 is 13.9. The van der Waals surface area contributed by atoms with E-state index < -0.39 is 0 Å². The molecule has 0 atom stereocenters. The molecule has 0 aliphatic carbocycles. The molecular formula is C23H24BrN5O3. The number of benzene rings is 2. The lowest BCUT2D eigenvalue weighted by Gasteiger charge is -2.19. The van der Waals surface area contributed by atoms with Crippen molar-refractivity contribution in [2.45, 2.75) is 20.4 Å². The summed E-state index contributed by atoms with van der Waals surface area (Å²) in [7, 11) is 1.90. The Morgan fingerprint density at radius 2 is 1.94 bits per heavy atom. The second-order valence-electron chi connectivity index (χ2n) is 7.39. The van der Waals surface area contributed by atoms with E-state index >= 15 is 0 Å². The number of nitrogens with one attached hydrogen (secondary N) is 2. The van der Waals surface area contributed by atoms with Crippen LogP contribution in [0.1, 0.15) is 27.3 Å². The van der Waals surface area contributed by atoms with Crippen LogP contribution in [-0.2, 0) is 13.6 Å². The smallest absolute Gasteiger partial charge is 0.257 e. The Morgan fingerprint density at radius 1 is 1.16 bits per heavy atom. The fourth-order valence-electron chi connectivity index (χ4n) is 3.38. The minimum atomic E-state index is -0.269. The van der Waals surface area contributed by atoms with Gasteiger partial charge in [-0.1, -0.05) is 22.0 Å². The maximum Gasteiger partial charge on any atom is 0.257 e. The highest BCUT2D eigenvalue weighted by atomic mass is 79.9. The van der Waals surface area contributed by atoms with Crippen molar-refractivity contribution < 1.29 is 14.3 Å². The lowest BCUT2D eigenvalue weighted by atomic mass is 10.2. The molecule has 9 heteroatoms. The van der Waals surface area contributed by atoms with E-state index in [0.717, 1.165) is 27.1 Å². The maximum absolute atomic E-state index is 12.9. The zero-order valence-corrected chi connectivity index (χ0v) is 19.7. The van der Waals surface area contributed by atoms with Crippen molar-refractivity contribution in [2.75, 3.05) is 18.5 Å². The first-order valence-electron chi connectivity index (χ1n) is 10.2. The van der Waals surface area contributed by atoms with E-state index in [-0.39, 0.29) is 5.91 Å². The van der Waals surface area contributed by atoms with Gasteiger partial charge in [-0.3, -0.25) is 14.8 Å². The van der Waals surface area contributed by atoms with Gasteiger partial charge in [-0.2, -0.15) is 5.10 Å². The largest absolute Gasteiger partial charge is 0.486 e. The van der Waals surface area contributed by atoms with Crippen LogP contribution in [0.15, 0.2) is 51.9 Å². The van der Waals surface area contributed by atoms with Gasteiger partial charge < -0.3 is 14.8 Å². The molecular weight excluding hydrogens is 474 g/mol. The Labute approximate surface area is 194 Å². The van der Waals surface area contributed by atoms with E-state index in [2.05, 4.69) is 36.7 Å². The van der Waals surface area contributed by atoms with Crippen LogP contribution in [0.2, 0.25) is 0 Å². The summed E-state index contributed by atoms with van der Waals surface area (Å²) in [5.74, 6) is 1.40. The third kappa shape index (κ3) is 4.94. The fraction of sp³-hybridized carbons (Fsp3) is 0.261. The Morgan fingerprint density at radius 3 is 2.66 bits per heavy atom. The highest BCUT2D eigenvalue weighted by Gasteiger charge is 2.15. The van der Waals surface area contributed by atoms with Gasteiger partial charge in [0.15, 0.2) is 11.5 Å². The number of hydrogen-bond donors (Lipinski definition) is 2. The monoisotopic (exact) mass is 497 g/mol.